The Balaban J connectivity index is 1.99. The summed E-state index contributed by atoms with van der Waals surface area (Å²) in [5.74, 6) is -1.20. The maximum atomic E-state index is 12.6. The quantitative estimate of drug-likeness (QED) is 0.590. The Bertz CT molecular complexity index is 761. The lowest BCUT2D eigenvalue weighted by Crippen LogP contribution is -2.49. The Morgan fingerprint density at radius 1 is 1.04 bits per heavy atom. The van der Waals surface area contributed by atoms with Gasteiger partial charge in [0.15, 0.2) is 11.5 Å². The highest BCUT2D eigenvalue weighted by Gasteiger charge is 2.49. The summed E-state index contributed by atoms with van der Waals surface area (Å²) < 4.78 is 15.5. The number of hydrogen-bond acceptors (Lipinski definition) is 7. The molecule has 0 amide bonds. The minimum atomic E-state index is -0.506. The number of methoxy groups -OCH3 is 1. The molecule has 7 heteroatoms. The fourth-order valence-corrected chi connectivity index (χ4v) is 4.50. The molecule has 27 heavy (non-hydrogen) atoms. The van der Waals surface area contributed by atoms with Crippen molar-refractivity contribution in [1.82, 2.24) is 4.90 Å². The van der Waals surface area contributed by atoms with Gasteiger partial charge in [-0.15, -0.1) is 0 Å². The largest absolute Gasteiger partial charge is 0.469 e. The fourth-order valence-electron chi connectivity index (χ4n) is 4.50. The van der Waals surface area contributed by atoms with E-state index in [-0.39, 0.29) is 35.3 Å². The summed E-state index contributed by atoms with van der Waals surface area (Å²) in [5.41, 5.74) is 0.877. The van der Waals surface area contributed by atoms with Gasteiger partial charge in [0.25, 0.3) is 0 Å². The topological polar surface area (TPSA) is 82.1 Å². The Kier molecular flexibility index (Phi) is 5.51. The zero-order valence-corrected chi connectivity index (χ0v) is 16.1. The number of fused-ring (bicyclic) bond motifs is 2. The highest BCUT2D eigenvalue weighted by atomic mass is 16.6. The summed E-state index contributed by atoms with van der Waals surface area (Å²) in [6, 6.07) is 5.68. The first-order valence-corrected chi connectivity index (χ1v) is 9.12. The number of nitrogens with zero attached hydrogens (tertiary/aromatic N) is 1. The van der Waals surface area contributed by atoms with Crippen molar-refractivity contribution in [2.45, 2.75) is 51.1 Å². The number of carbonyl (C=O) groups excluding carboxylic acids is 3. The van der Waals surface area contributed by atoms with E-state index in [4.69, 9.17) is 14.2 Å². The average Bonchev–Trinajstić information content (AvgIpc) is 2.84. The molecular formula is C20H25NO6. The van der Waals surface area contributed by atoms with Gasteiger partial charge < -0.3 is 14.2 Å². The standard InChI is InChI=1S/C20H25NO6/c1-11(22)26-17-8-5-13(9-18(17)27-12(2)23)15-10-14-6-7-16(21(14)3)19(15)20(24)25-4/h5,8-9,14-16,19H,6-7,10H2,1-4H3/t14?,15-,16?,19?/m1/s1. The van der Waals surface area contributed by atoms with E-state index in [1.54, 1.807) is 12.1 Å². The zero-order chi connectivity index (χ0) is 19.7. The van der Waals surface area contributed by atoms with Gasteiger partial charge in [0.1, 0.15) is 0 Å². The molecule has 7 nitrogen and oxygen atoms in total. The molecule has 0 N–H and O–H groups in total. The van der Waals surface area contributed by atoms with Crippen molar-refractivity contribution < 1.29 is 28.6 Å². The molecule has 2 aliphatic heterocycles. The Morgan fingerprint density at radius 3 is 2.33 bits per heavy atom. The number of esters is 3. The number of hydrogen-bond donors (Lipinski definition) is 0. The van der Waals surface area contributed by atoms with Crippen molar-refractivity contribution in [2.24, 2.45) is 5.92 Å². The van der Waals surface area contributed by atoms with Gasteiger partial charge in [-0.3, -0.25) is 19.3 Å². The monoisotopic (exact) mass is 375 g/mol. The zero-order valence-electron chi connectivity index (χ0n) is 16.1. The number of piperidine rings is 1. The number of rotatable bonds is 4. The van der Waals surface area contributed by atoms with Crippen LogP contribution in [0.25, 0.3) is 0 Å². The second-order valence-corrected chi connectivity index (χ2v) is 7.25. The van der Waals surface area contributed by atoms with Crippen molar-refractivity contribution in [2.75, 3.05) is 14.2 Å². The van der Waals surface area contributed by atoms with Crippen LogP contribution in [0, 0.1) is 5.92 Å². The van der Waals surface area contributed by atoms with E-state index >= 15 is 0 Å². The third kappa shape index (κ3) is 3.83. The normalized spacial score (nSPS) is 27.1. The molecule has 1 aromatic rings. The predicted octanol–water partition coefficient (Wildman–Crippen LogP) is 2.28. The molecular weight excluding hydrogens is 350 g/mol. The Hall–Kier alpha value is -2.41. The summed E-state index contributed by atoms with van der Waals surface area (Å²) in [4.78, 5) is 37.6. The maximum Gasteiger partial charge on any atom is 0.310 e. The molecule has 0 aliphatic carbocycles. The lowest BCUT2D eigenvalue weighted by atomic mass is 9.76. The second-order valence-electron chi connectivity index (χ2n) is 7.25. The van der Waals surface area contributed by atoms with Crippen LogP contribution in [-0.2, 0) is 19.1 Å². The van der Waals surface area contributed by atoms with E-state index in [2.05, 4.69) is 11.9 Å². The van der Waals surface area contributed by atoms with Crippen molar-refractivity contribution in [3.05, 3.63) is 23.8 Å². The minimum absolute atomic E-state index is 0.0492. The van der Waals surface area contributed by atoms with Crippen LogP contribution in [0.15, 0.2) is 18.2 Å². The maximum absolute atomic E-state index is 12.6. The predicted molar refractivity (Wildman–Crippen MR) is 96.5 cm³/mol. The third-order valence-corrected chi connectivity index (χ3v) is 5.65. The molecule has 0 aromatic heterocycles. The van der Waals surface area contributed by atoms with Crippen LogP contribution in [0.1, 0.15) is 44.6 Å². The van der Waals surface area contributed by atoms with E-state index in [1.165, 1.54) is 21.0 Å². The van der Waals surface area contributed by atoms with Crippen molar-refractivity contribution in [1.29, 1.82) is 0 Å². The summed E-state index contributed by atoms with van der Waals surface area (Å²) in [6.45, 7) is 2.57. The van der Waals surface area contributed by atoms with Gasteiger partial charge in [0, 0.05) is 31.8 Å². The molecule has 0 saturated carbocycles. The van der Waals surface area contributed by atoms with Crippen LogP contribution in [0.2, 0.25) is 0 Å². The Labute approximate surface area is 158 Å². The minimum Gasteiger partial charge on any atom is -0.469 e. The van der Waals surface area contributed by atoms with E-state index in [0.29, 0.717) is 6.04 Å². The molecule has 2 bridgehead atoms. The summed E-state index contributed by atoms with van der Waals surface area (Å²) in [7, 11) is 3.47. The first-order chi connectivity index (χ1) is 12.8. The molecule has 2 heterocycles. The summed E-state index contributed by atoms with van der Waals surface area (Å²) in [6.07, 6.45) is 2.83. The molecule has 2 saturated heterocycles. The summed E-state index contributed by atoms with van der Waals surface area (Å²) >= 11 is 0. The van der Waals surface area contributed by atoms with Gasteiger partial charge in [-0.2, -0.15) is 0 Å². The van der Waals surface area contributed by atoms with E-state index in [0.717, 1.165) is 24.8 Å². The third-order valence-electron chi connectivity index (χ3n) is 5.65. The first kappa shape index (κ1) is 19.4. The summed E-state index contributed by atoms with van der Waals surface area (Å²) in [5, 5.41) is 0. The van der Waals surface area contributed by atoms with Crippen LogP contribution in [0.5, 0.6) is 11.5 Å². The molecule has 3 unspecified atom stereocenters. The lowest BCUT2D eigenvalue weighted by molar-refractivity contribution is -0.150. The van der Waals surface area contributed by atoms with Crippen molar-refractivity contribution in [3.63, 3.8) is 0 Å². The van der Waals surface area contributed by atoms with Gasteiger partial charge in [-0.1, -0.05) is 6.07 Å². The van der Waals surface area contributed by atoms with Crippen LogP contribution in [0.4, 0.5) is 0 Å². The Morgan fingerprint density at radius 2 is 1.70 bits per heavy atom. The van der Waals surface area contributed by atoms with Crippen LogP contribution >= 0.6 is 0 Å². The van der Waals surface area contributed by atoms with E-state index in [9.17, 15) is 14.4 Å². The van der Waals surface area contributed by atoms with E-state index in [1.807, 2.05) is 6.07 Å². The second kappa shape index (κ2) is 7.68. The highest BCUT2D eigenvalue weighted by Crippen LogP contribution is 2.47. The molecule has 3 rings (SSSR count). The number of benzene rings is 1. The lowest BCUT2D eigenvalue weighted by Gasteiger charge is -2.41. The highest BCUT2D eigenvalue weighted by molar-refractivity contribution is 5.76. The van der Waals surface area contributed by atoms with Gasteiger partial charge in [-0.05, 0) is 44.0 Å². The van der Waals surface area contributed by atoms with Gasteiger partial charge >= 0.3 is 17.9 Å². The molecule has 0 spiro atoms. The van der Waals surface area contributed by atoms with E-state index < -0.39 is 11.9 Å². The average molecular weight is 375 g/mol. The van der Waals surface area contributed by atoms with Gasteiger partial charge in [0.2, 0.25) is 0 Å². The van der Waals surface area contributed by atoms with Crippen LogP contribution < -0.4 is 9.47 Å². The molecule has 2 aliphatic rings. The van der Waals surface area contributed by atoms with Gasteiger partial charge in [-0.25, -0.2) is 0 Å². The number of ether oxygens (including phenoxy) is 3. The van der Waals surface area contributed by atoms with Crippen molar-refractivity contribution in [3.8, 4) is 11.5 Å². The smallest absolute Gasteiger partial charge is 0.310 e. The molecule has 1 aromatic carbocycles. The molecule has 2 fully saturated rings. The molecule has 4 atom stereocenters. The van der Waals surface area contributed by atoms with Crippen LogP contribution in [0.3, 0.4) is 0 Å². The number of carbonyl (C=O) groups is 3. The van der Waals surface area contributed by atoms with Crippen LogP contribution in [-0.4, -0.2) is 49.0 Å². The molecule has 0 radical (unpaired) electrons. The van der Waals surface area contributed by atoms with Crippen molar-refractivity contribution >= 4 is 17.9 Å². The fraction of sp³-hybridized carbons (Fsp3) is 0.550. The molecule has 146 valence electrons. The van der Waals surface area contributed by atoms with Gasteiger partial charge in [0.05, 0.1) is 13.0 Å². The SMILES string of the molecule is COC(=O)C1C2CCC(C[C@@H]1c1ccc(OC(C)=O)c(OC(C)=O)c1)N2C. The first-order valence-electron chi connectivity index (χ1n) is 9.12.